The Kier molecular flexibility index (Phi) is 7.85. The van der Waals surface area contributed by atoms with Gasteiger partial charge in [-0.1, -0.05) is 63.4 Å². The van der Waals surface area contributed by atoms with Crippen LogP contribution in [0.15, 0.2) is 59.5 Å². The highest BCUT2D eigenvalue weighted by Gasteiger charge is 2.18. The van der Waals surface area contributed by atoms with E-state index in [1.54, 1.807) is 42.5 Å². The second kappa shape index (κ2) is 10.1. The van der Waals surface area contributed by atoms with Crippen LogP contribution in [0.5, 0.6) is 0 Å². The summed E-state index contributed by atoms with van der Waals surface area (Å²) in [4.78, 5) is 12.8. The molecular weight excluding hydrogens is 360 g/mol. The van der Waals surface area contributed by atoms with Crippen LogP contribution in [0.25, 0.3) is 0 Å². The lowest BCUT2D eigenvalue weighted by molar-refractivity contribution is 0.0946. The minimum atomic E-state index is -3.75. The highest BCUT2D eigenvalue weighted by Crippen LogP contribution is 2.20. The van der Waals surface area contributed by atoms with Crippen molar-refractivity contribution in [2.24, 2.45) is 5.92 Å². The van der Waals surface area contributed by atoms with Gasteiger partial charge in [0.1, 0.15) is 0 Å². The number of anilines is 1. The van der Waals surface area contributed by atoms with Crippen molar-refractivity contribution in [3.8, 4) is 0 Å². The number of nitrogens with one attached hydrogen (secondary N) is 2. The van der Waals surface area contributed by atoms with Crippen molar-refractivity contribution < 1.29 is 13.2 Å². The van der Waals surface area contributed by atoms with Gasteiger partial charge in [0.05, 0.1) is 16.1 Å². The molecule has 0 bridgehead atoms. The number of carbonyl (C=O) groups excluding carboxylic acids is 1. The van der Waals surface area contributed by atoms with Gasteiger partial charge in [-0.3, -0.25) is 9.52 Å². The van der Waals surface area contributed by atoms with Crippen molar-refractivity contribution in [1.29, 1.82) is 0 Å². The molecule has 0 aliphatic carbocycles. The van der Waals surface area contributed by atoms with Crippen LogP contribution in [-0.4, -0.2) is 20.9 Å². The minimum absolute atomic E-state index is 0.158. The van der Waals surface area contributed by atoms with E-state index in [1.165, 1.54) is 12.1 Å². The van der Waals surface area contributed by atoms with Crippen molar-refractivity contribution in [2.45, 2.75) is 44.4 Å². The molecule has 0 aliphatic heterocycles. The monoisotopic (exact) mass is 388 g/mol. The highest BCUT2D eigenvalue weighted by molar-refractivity contribution is 7.92. The normalized spacial score (nSPS) is 12.4. The average molecular weight is 389 g/mol. The van der Waals surface area contributed by atoms with Crippen LogP contribution >= 0.6 is 0 Å². The molecule has 1 amide bonds. The number of hydrogen-bond acceptors (Lipinski definition) is 3. The molecule has 0 saturated carbocycles. The number of carbonyl (C=O) groups is 1. The lowest BCUT2D eigenvalue weighted by atomic mass is 9.99. The maximum atomic E-state index is 12.6. The van der Waals surface area contributed by atoms with Gasteiger partial charge in [-0.2, -0.15) is 0 Å². The SMILES string of the molecule is CCCC[C@H](CC)CNC(=O)c1ccccc1NS(=O)(=O)c1ccccc1. The van der Waals surface area contributed by atoms with Crippen LogP contribution in [-0.2, 0) is 10.0 Å². The molecule has 2 rings (SSSR count). The number of para-hydroxylation sites is 1. The first kappa shape index (κ1) is 21.0. The van der Waals surface area contributed by atoms with Crippen molar-refractivity contribution in [2.75, 3.05) is 11.3 Å². The summed E-state index contributed by atoms with van der Waals surface area (Å²) in [5.74, 6) is 0.165. The Balaban J connectivity index is 2.12. The Morgan fingerprint density at radius 3 is 2.33 bits per heavy atom. The number of sulfonamides is 1. The minimum Gasteiger partial charge on any atom is -0.352 e. The smallest absolute Gasteiger partial charge is 0.261 e. The molecule has 5 nitrogen and oxygen atoms in total. The summed E-state index contributed by atoms with van der Waals surface area (Å²) in [6.07, 6.45) is 4.36. The van der Waals surface area contributed by atoms with Crippen molar-refractivity contribution in [3.05, 3.63) is 60.2 Å². The van der Waals surface area contributed by atoms with Crippen LogP contribution < -0.4 is 10.0 Å². The molecule has 0 unspecified atom stereocenters. The van der Waals surface area contributed by atoms with Gasteiger partial charge in [0.25, 0.3) is 15.9 Å². The molecule has 1 atom stereocenters. The zero-order valence-corrected chi connectivity index (χ0v) is 16.8. The molecule has 146 valence electrons. The molecule has 2 aromatic carbocycles. The molecule has 2 N–H and O–H groups in total. The molecule has 2 aromatic rings. The van der Waals surface area contributed by atoms with Gasteiger partial charge in [0, 0.05) is 6.54 Å². The maximum Gasteiger partial charge on any atom is 0.261 e. The number of hydrogen-bond donors (Lipinski definition) is 2. The molecule has 27 heavy (non-hydrogen) atoms. The van der Waals surface area contributed by atoms with Crippen LogP contribution in [0.3, 0.4) is 0 Å². The summed E-state index contributed by atoms with van der Waals surface area (Å²) in [6, 6.07) is 14.8. The van der Waals surface area contributed by atoms with E-state index in [1.807, 2.05) is 0 Å². The first-order valence-corrected chi connectivity index (χ1v) is 10.9. The Hall–Kier alpha value is -2.34. The van der Waals surface area contributed by atoms with Crippen molar-refractivity contribution in [3.63, 3.8) is 0 Å². The van der Waals surface area contributed by atoms with Gasteiger partial charge in [-0.05, 0) is 36.6 Å². The molecule has 0 aromatic heterocycles. The third-order valence-corrected chi connectivity index (χ3v) is 5.95. The Morgan fingerprint density at radius 2 is 1.67 bits per heavy atom. The largest absolute Gasteiger partial charge is 0.352 e. The van der Waals surface area contributed by atoms with E-state index in [0.29, 0.717) is 18.0 Å². The molecule has 6 heteroatoms. The zero-order valence-electron chi connectivity index (χ0n) is 15.9. The Labute approximate surface area is 162 Å². The fourth-order valence-corrected chi connectivity index (χ4v) is 3.95. The molecule has 0 radical (unpaired) electrons. The number of unbranched alkanes of at least 4 members (excludes halogenated alkanes) is 1. The summed E-state index contributed by atoms with van der Waals surface area (Å²) in [7, 11) is -3.75. The summed E-state index contributed by atoms with van der Waals surface area (Å²) in [5.41, 5.74) is 0.600. The average Bonchev–Trinajstić information content (AvgIpc) is 2.69. The second-order valence-electron chi connectivity index (χ2n) is 6.59. The fraction of sp³-hybridized carbons (Fsp3) is 0.381. The quantitative estimate of drug-likeness (QED) is 0.632. The maximum absolute atomic E-state index is 12.6. The van der Waals surface area contributed by atoms with Crippen LogP contribution in [0.2, 0.25) is 0 Å². The third-order valence-electron chi connectivity index (χ3n) is 4.56. The van der Waals surface area contributed by atoms with Gasteiger partial charge >= 0.3 is 0 Å². The molecular formula is C21H28N2O3S. The first-order valence-electron chi connectivity index (χ1n) is 9.43. The lowest BCUT2D eigenvalue weighted by Crippen LogP contribution is -2.30. The van der Waals surface area contributed by atoms with E-state index in [9.17, 15) is 13.2 Å². The van der Waals surface area contributed by atoms with Crippen molar-refractivity contribution >= 4 is 21.6 Å². The molecule has 0 fully saturated rings. The van der Waals surface area contributed by atoms with Crippen LogP contribution in [0.1, 0.15) is 49.9 Å². The van der Waals surface area contributed by atoms with E-state index >= 15 is 0 Å². The van der Waals surface area contributed by atoms with E-state index in [4.69, 9.17) is 0 Å². The van der Waals surface area contributed by atoms with Gasteiger partial charge in [0.2, 0.25) is 0 Å². The van der Waals surface area contributed by atoms with Crippen molar-refractivity contribution in [1.82, 2.24) is 5.32 Å². The highest BCUT2D eigenvalue weighted by atomic mass is 32.2. The molecule has 0 heterocycles. The lowest BCUT2D eigenvalue weighted by Gasteiger charge is -2.17. The molecule has 0 saturated heterocycles. The van der Waals surface area contributed by atoms with E-state index in [0.717, 1.165) is 25.7 Å². The molecule has 0 aliphatic rings. The van der Waals surface area contributed by atoms with Gasteiger partial charge in [-0.25, -0.2) is 8.42 Å². The third kappa shape index (κ3) is 6.10. The summed E-state index contributed by atoms with van der Waals surface area (Å²) in [5, 5.41) is 2.95. The predicted molar refractivity (Wildman–Crippen MR) is 109 cm³/mol. The number of benzene rings is 2. The van der Waals surface area contributed by atoms with E-state index in [-0.39, 0.29) is 16.5 Å². The zero-order chi connectivity index (χ0) is 19.7. The Bertz CT molecular complexity index is 836. The number of amides is 1. The van der Waals surface area contributed by atoms with E-state index < -0.39 is 10.0 Å². The summed E-state index contributed by atoms with van der Waals surface area (Å²) < 4.78 is 27.7. The first-order chi connectivity index (χ1) is 13.0. The number of rotatable bonds is 10. The molecule has 0 spiro atoms. The summed E-state index contributed by atoms with van der Waals surface area (Å²) in [6.45, 7) is 4.86. The van der Waals surface area contributed by atoms with Crippen LogP contribution in [0.4, 0.5) is 5.69 Å². The fourth-order valence-electron chi connectivity index (χ4n) is 2.85. The van der Waals surface area contributed by atoms with Gasteiger partial charge in [-0.15, -0.1) is 0 Å². The van der Waals surface area contributed by atoms with Gasteiger partial charge < -0.3 is 5.32 Å². The standard InChI is InChI=1S/C21H28N2O3S/c1-3-5-11-17(4-2)16-22-21(24)19-14-9-10-15-20(19)23-27(25,26)18-12-7-6-8-13-18/h6-10,12-15,17,23H,3-5,11,16H2,1-2H3,(H,22,24)/t17-/m0/s1. The topological polar surface area (TPSA) is 75.3 Å². The summed E-state index contributed by atoms with van der Waals surface area (Å²) >= 11 is 0. The van der Waals surface area contributed by atoms with E-state index in [2.05, 4.69) is 23.9 Å². The van der Waals surface area contributed by atoms with Gasteiger partial charge in [0.15, 0.2) is 0 Å². The second-order valence-corrected chi connectivity index (χ2v) is 8.27. The Morgan fingerprint density at radius 1 is 1.00 bits per heavy atom. The van der Waals surface area contributed by atoms with Crippen LogP contribution in [0, 0.1) is 5.92 Å². The predicted octanol–water partition coefficient (Wildman–Crippen LogP) is 4.43.